The highest BCUT2D eigenvalue weighted by Gasteiger charge is 2.23. The summed E-state index contributed by atoms with van der Waals surface area (Å²) >= 11 is 6.03. The van der Waals surface area contributed by atoms with Gasteiger partial charge in [-0.2, -0.15) is 0 Å². The van der Waals surface area contributed by atoms with Crippen molar-refractivity contribution in [2.75, 3.05) is 39.8 Å². The second-order valence-electron chi connectivity index (χ2n) is 7.02. The Morgan fingerprint density at radius 2 is 1.90 bits per heavy atom. The minimum absolute atomic E-state index is 0.124. The Morgan fingerprint density at radius 1 is 1.17 bits per heavy atom. The quantitative estimate of drug-likeness (QED) is 0.564. The first-order valence-electron chi connectivity index (χ1n) is 10.1. The Balaban J connectivity index is 1.57. The predicted octanol–water partition coefficient (Wildman–Crippen LogP) is 2.60. The van der Waals surface area contributed by atoms with Gasteiger partial charge in [0.2, 0.25) is 11.8 Å². The average Bonchev–Trinajstić information content (AvgIpc) is 2.77. The van der Waals surface area contributed by atoms with Crippen LogP contribution in [0.5, 0.6) is 5.88 Å². The normalized spacial score (nSPS) is 14.6. The molecule has 1 aliphatic rings. The number of benzene rings is 1. The summed E-state index contributed by atoms with van der Waals surface area (Å²) in [4.78, 5) is 25.9. The van der Waals surface area contributed by atoms with E-state index in [9.17, 15) is 4.79 Å². The van der Waals surface area contributed by atoms with Gasteiger partial charge in [-0.05, 0) is 30.7 Å². The number of guanidine groups is 1. The Labute approximate surface area is 182 Å². The average molecular weight is 430 g/mol. The number of aliphatic imine (C=N–C) groups is 1. The molecular formula is C22H28ClN5O2. The minimum Gasteiger partial charge on any atom is -0.481 e. The maximum absolute atomic E-state index is 12.7. The molecule has 2 heterocycles. The molecule has 7 nitrogen and oxygen atoms in total. The SMILES string of the molecule is CCNC(=NCc1cccc(OC)n1)N1CCN(C(=O)Cc2cccc(Cl)c2)CC1. The van der Waals surface area contributed by atoms with Crippen LogP contribution in [0.4, 0.5) is 0 Å². The third-order valence-electron chi connectivity index (χ3n) is 4.89. The monoisotopic (exact) mass is 429 g/mol. The standard InChI is InChI=1S/C22H28ClN5O2/c1-3-24-22(25-16-19-8-5-9-20(26-19)30-2)28-12-10-27(11-13-28)21(29)15-17-6-4-7-18(23)14-17/h4-9,14H,3,10-13,15-16H2,1-2H3,(H,24,25). The van der Waals surface area contributed by atoms with Crippen LogP contribution in [0, 0.1) is 0 Å². The van der Waals surface area contributed by atoms with Crippen molar-refractivity contribution in [3.05, 3.63) is 58.7 Å². The summed E-state index contributed by atoms with van der Waals surface area (Å²) in [6, 6.07) is 13.1. The third-order valence-corrected chi connectivity index (χ3v) is 5.13. The Hall–Kier alpha value is -2.80. The van der Waals surface area contributed by atoms with E-state index in [1.165, 1.54) is 0 Å². The van der Waals surface area contributed by atoms with E-state index < -0.39 is 0 Å². The number of methoxy groups -OCH3 is 1. The Morgan fingerprint density at radius 3 is 2.60 bits per heavy atom. The molecule has 0 bridgehead atoms. The fourth-order valence-corrected chi connectivity index (χ4v) is 3.55. The number of ether oxygens (including phenoxy) is 1. The summed E-state index contributed by atoms with van der Waals surface area (Å²) in [5, 5.41) is 3.99. The molecule has 8 heteroatoms. The van der Waals surface area contributed by atoms with Gasteiger partial charge >= 0.3 is 0 Å². The van der Waals surface area contributed by atoms with Crippen LogP contribution >= 0.6 is 11.6 Å². The fourth-order valence-electron chi connectivity index (χ4n) is 3.34. The van der Waals surface area contributed by atoms with E-state index in [1.807, 2.05) is 54.3 Å². The maximum Gasteiger partial charge on any atom is 0.227 e. The molecule has 1 saturated heterocycles. The number of hydrogen-bond acceptors (Lipinski definition) is 4. The molecule has 0 aliphatic carbocycles. The number of hydrogen-bond donors (Lipinski definition) is 1. The molecular weight excluding hydrogens is 402 g/mol. The van der Waals surface area contributed by atoms with E-state index in [1.54, 1.807) is 7.11 Å². The smallest absolute Gasteiger partial charge is 0.227 e. The molecule has 1 fully saturated rings. The van der Waals surface area contributed by atoms with Crippen LogP contribution in [0.1, 0.15) is 18.2 Å². The van der Waals surface area contributed by atoms with Crippen molar-refractivity contribution in [3.63, 3.8) is 0 Å². The van der Waals surface area contributed by atoms with Gasteiger partial charge in [-0.1, -0.05) is 29.8 Å². The van der Waals surface area contributed by atoms with E-state index in [-0.39, 0.29) is 5.91 Å². The number of piperazine rings is 1. The second kappa shape index (κ2) is 10.8. The highest BCUT2D eigenvalue weighted by Crippen LogP contribution is 2.13. The summed E-state index contributed by atoms with van der Waals surface area (Å²) < 4.78 is 5.18. The van der Waals surface area contributed by atoms with Gasteiger partial charge in [0.25, 0.3) is 0 Å². The Kier molecular flexibility index (Phi) is 7.90. The van der Waals surface area contributed by atoms with E-state index in [2.05, 4.69) is 15.2 Å². The van der Waals surface area contributed by atoms with Crippen molar-refractivity contribution in [1.82, 2.24) is 20.1 Å². The van der Waals surface area contributed by atoms with E-state index in [0.717, 1.165) is 36.9 Å². The Bertz CT molecular complexity index is 881. The van der Waals surface area contributed by atoms with Crippen molar-refractivity contribution >= 4 is 23.5 Å². The predicted molar refractivity (Wildman–Crippen MR) is 119 cm³/mol. The summed E-state index contributed by atoms with van der Waals surface area (Å²) in [6.07, 6.45) is 0.371. The lowest BCUT2D eigenvalue weighted by Crippen LogP contribution is -2.54. The molecule has 1 aliphatic heterocycles. The molecule has 0 saturated carbocycles. The van der Waals surface area contributed by atoms with E-state index >= 15 is 0 Å². The first kappa shape index (κ1) is 21.9. The van der Waals surface area contributed by atoms with Crippen LogP contribution in [0.2, 0.25) is 5.02 Å². The first-order valence-corrected chi connectivity index (χ1v) is 10.5. The zero-order chi connectivity index (χ0) is 21.3. The number of halogens is 1. The van der Waals surface area contributed by atoms with Gasteiger partial charge in [0.1, 0.15) is 0 Å². The number of aromatic nitrogens is 1. The second-order valence-corrected chi connectivity index (χ2v) is 7.45. The van der Waals surface area contributed by atoms with Gasteiger partial charge in [-0.3, -0.25) is 4.79 Å². The van der Waals surface area contributed by atoms with Gasteiger partial charge in [0.15, 0.2) is 5.96 Å². The lowest BCUT2D eigenvalue weighted by atomic mass is 10.1. The van der Waals surface area contributed by atoms with Crippen molar-refractivity contribution in [1.29, 1.82) is 0 Å². The molecule has 0 radical (unpaired) electrons. The van der Waals surface area contributed by atoms with Gasteiger partial charge in [0, 0.05) is 43.8 Å². The zero-order valence-corrected chi connectivity index (χ0v) is 18.2. The number of nitrogens with one attached hydrogen (secondary N) is 1. The first-order chi connectivity index (χ1) is 14.6. The minimum atomic E-state index is 0.124. The summed E-state index contributed by atoms with van der Waals surface area (Å²) in [5.41, 5.74) is 1.79. The van der Waals surface area contributed by atoms with Gasteiger partial charge < -0.3 is 19.9 Å². The third kappa shape index (κ3) is 6.10. The zero-order valence-electron chi connectivity index (χ0n) is 17.5. The maximum atomic E-state index is 12.7. The molecule has 1 amide bonds. The van der Waals surface area contributed by atoms with Crippen LogP contribution in [-0.4, -0.2) is 66.5 Å². The van der Waals surface area contributed by atoms with Gasteiger partial charge in [-0.25, -0.2) is 9.98 Å². The number of nitrogens with zero attached hydrogens (tertiary/aromatic N) is 4. The van der Waals surface area contributed by atoms with Crippen LogP contribution in [0.25, 0.3) is 0 Å². The lowest BCUT2D eigenvalue weighted by Gasteiger charge is -2.36. The highest BCUT2D eigenvalue weighted by molar-refractivity contribution is 6.30. The molecule has 1 N–H and O–H groups in total. The lowest BCUT2D eigenvalue weighted by molar-refractivity contribution is -0.131. The van der Waals surface area contributed by atoms with Crippen LogP contribution in [0.3, 0.4) is 0 Å². The van der Waals surface area contributed by atoms with Crippen molar-refractivity contribution < 1.29 is 9.53 Å². The van der Waals surface area contributed by atoms with Crippen LogP contribution in [-0.2, 0) is 17.8 Å². The molecule has 0 atom stereocenters. The number of carbonyl (C=O) groups excluding carboxylic acids is 1. The number of pyridine rings is 1. The number of amides is 1. The molecule has 1 aromatic heterocycles. The molecule has 0 unspecified atom stereocenters. The highest BCUT2D eigenvalue weighted by atomic mass is 35.5. The fraction of sp³-hybridized carbons (Fsp3) is 0.409. The number of carbonyl (C=O) groups is 1. The van der Waals surface area contributed by atoms with Crippen molar-refractivity contribution in [3.8, 4) is 5.88 Å². The van der Waals surface area contributed by atoms with Crippen molar-refractivity contribution in [2.45, 2.75) is 19.9 Å². The molecule has 2 aromatic rings. The van der Waals surface area contributed by atoms with Gasteiger partial charge in [0.05, 0.1) is 25.8 Å². The largest absolute Gasteiger partial charge is 0.481 e. The summed E-state index contributed by atoms with van der Waals surface area (Å²) in [7, 11) is 1.60. The topological polar surface area (TPSA) is 70.1 Å². The molecule has 1 aromatic carbocycles. The van der Waals surface area contributed by atoms with Crippen LogP contribution < -0.4 is 10.1 Å². The molecule has 3 rings (SSSR count). The molecule has 160 valence electrons. The van der Waals surface area contributed by atoms with E-state index in [4.69, 9.17) is 21.3 Å². The van der Waals surface area contributed by atoms with Crippen molar-refractivity contribution in [2.24, 2.45) is 4.99 Å². The molecule has 30 heavy (non-hydrogen) atoms. The van der Waals surface area contributed by atoms with E-state index in [0.29, 0.717) is 37.0 Å². The summed E-state index contributed by atoms with van der Waals surface area (Å²) in [5.74, 6) is 1.54. The van der Waals surface area contributed by atoms with Gasteiger partial charge in [-0.15, -0.1) is 0 Å². The number of rotatable bonds is 6. The summed E-state index contributed by atoms with van der Waals surface area (Å²) in [6.45, 7) is 6.09. The molecule has 0 spiro atoms. The van der Waals surface area contributed by atoms with Crippen LogP contribution in [0.15, 0.2) is 47.5 Å².